The highest BCUT2D eigenvalue weighted by Crippen LogP contribution is 2.36. The number of fused-ring (bicyclic) bond motifs is 1. The molecule has 0 amide bonds. The molecule has 5 aromatic carbocycles. The summed E-state index contributed by atoms with van der Waals surface area (Å²) < 4.78 is 10.4. The predicted octanol–water partition coefficient (Wildman–Crippen LogP) is 13.0. The topological polar surface area (TPSA) is 18.5 Å². The maximum absolute atomic E-state index is 7.00. The molecule has 0 saturated carbocycles. The Hall–Kier alpha value is -4.27. The zero-order valence-electron chi connectivity index (χ0n) is 27.6. The Bertz CT molecular complexity index is 1700. The van der Waals surface area contributed by atoms with Gasteiger partial charge in [0.25, 0.3) is 0 Å². The first kappa shape index (κ1) is 34.1. The van der Waals surface area contributed by atoms with Gasteiger partial charge < -0.3 is 9.47 Å². The van der Waals surface area contributed by atoms with Gasteiger partial charge in [-0.3, -0.25) is 0 Å². The van der Waals surface area contributed by atoms with Crippen LogP contribution in [0.4, 0.5) is 0 Å². The Morgan fingerprint density at radius 3 is 1.45 bits per heavy atom. The van der Waals surface area contributed by atoms with E-state index >= 15 is 0 Å². The number of unbranched alkanes of at least 4 members (excludes halogenated alkanes) is 6. The summed E-state index contributed by atoms with van der Waals surface area (Å²) in [5.41, 5.74) is 9.87. The van der Waals surface area contributed by atoms with E-state index in [9.17, 15) is 0 Å². The molecule has 0 heterocycles. The van der Waals surface area contributed by atoms with Crippen molar-refractivity contribution < 1.29 is 9.47 Å². The lowest BCUT2D eigenvalue weighted by molar-refractivity contribution is 0.241. The Kier molecular flexibility index (Phi) is 13.2. The van der Waals surface area contributed by atoms with Gasteiger partial charge in [-0.25, -0.2) is 0 Å². The third-order valence-electron chi connectivity index (χ3n) is 8.92. The summed E-state index contributed by atoms with van der Waals surface area (Å²) in [6.45, 7) is 8.72. The van der Waals surface area contributed by atoms with Crippen LogP contribution < -0.4 is 0 Å². The van der Waals surface area contributed by atoms with Crippen molar-refractivity contribution >= 4 is 22.4 Å². The van der Waals surface area contributed by atoms with Crippen molar-refractivity contribution in [3.05, 3.63) is 145 Å². The third-order valence-corrected chi connectivity index (χ3v) is 9.32. The summed E-state index contributed by atoms with van der Waals surface area (Å²) in [5, 5.41) is 3.03. The van der Waals surface area contributed by atoms with Gasteiger partial charge in [-0.15, -0.1) is 0 Å². The molecule has 242 valence electrons. The van der Waals surface area contributed by atoms with Gasteiger partial charge in [-0.05, 0) is 88.9 Å². The van der Waals surface area contributed by atoms with Crippen molar-refractivity contribution in [2.45, 2.75) is 64.2 Å². The Morgan fingerprint density at radius 1 is 0.468 bits per heavy atom. The van der Waals surface area contributed by atoms with Gasteiger partial charge in [-0.2, -0.15) is 0 Å². The first-order valence-electron chi connectivity index (χ1n) is 17.1. The number of hydrogen-bond donors (Lipinski definition) is 0. The van der Waals surface area contributed by atoms with Gasteiger partial charge in [0.2, 0.25) is 0 Å². The lowest BCUT2D eigenvalue weighted by Gasteiger charge is -2.11. The van der Waals surface area contributed by atoms with E-state index in [0.717, 1.165) is 65.8 Å². The second kappa shape index (κ2) is 18.2. The lowest BCUT2D eigenvalue weighted by atomic mass is 9.95. The highest BCUT2D eigenvalue weighted by molar-refractivity contribution is 6.38. The lowest BCUT2D eigenvalue weighted by Crippen LogP contribution is -1.90. The van der Waals surface area contributed by atoms with Gasteiger partial charge in [0, 0.05) is 10.9 Å². The molecule has 5 rings (SSSR count). The molecule has 47 heavy (non-hydrogen) atoms. The monoisotopic (exact) mass is 642 g/mol. The molecule has 5 aromatic rings. The van der Waals surface area contributed by atoms with Crippen molar-refractivity contribution in [2.24, 2.45) is 0 Å². The average molecular weight is 643 g/mol. The van der Waals surface area contributed by atoms with Gasteiger partial charge in [0.05, 0.1) is 30.8 Å². The van der Waals surface area contributed by atoms with E-state index in [0.29, 0.717) is 0 Å². The Labute approximate surface area is 286 Å². The zero-order valence-corrected chi connectivity index (χ0v) is 28.3. The molecular weight excluding hydrogens is 596 g/mol. The summed E-state index contributed by atoms with van der Waals surface area (Å²) in [6, 6.07) is 37.7. The first-order chi connectivity index (χ1) is 23.2. The number of hydrogen-bond acceptors (Lipinski definition) is 2. The molecule has 0 fully saturated rings. The van der Waals surface area contributed by atoms with E-state index in [1.54, 1.807) is 0 Å². The van der Waals surface area contributed by atoms with Gasteiger partial charge in [0.15, 0.2) is 0 Å². The Morgan fingerprint density at radius 2 is 0.915 bits per heavy atom. The van der Waals surface area contributed by atoms with E-state index in [1.807, 2.05) is 0 Å². The van der Waals surface area contributed by atoms with Gasteiger partial charge in [0.1, 0.15) is 0 Å². The fraction of sp³-hybridized carbons (Fsp3) is 0.273. The second-order valence-electron chi connectivity index (χ2n) is 12.2. The molecule has 3 heteroatoms. The van der Waals surface area contributed by atoms with E-state index in [1.165, 1.54) is 84.4 Å². The maximum Gasteiger partial charge on any atom is 0.0873 e. The zero-order chi connectivity index (χ0) is 32.7. The van der Waals surface area contributed by atoms with Gasteiger partial charge >= 0.3 is 0 Å². The van der Waals surface area contributed by atoms with Crippen molar-refractivity contribution in [1.82, 2.24) is 0 Å². The quantitative estimate of drug-likeness (QED) is 0.0659. The number of rotatable bonds is 19. The molecule has 0 aliphatic rings. The summed E-state index contributed by atoms with van der Waals surface area (Å²) in [4.78, 5) is 0. The number of aryl methyl sites for hydroxylation is 2. The second-order valence-corrected chi connectivity index (χ2v) is 12.6. The SMILES string of the molecule is C=COCCCCCCc1ccc(-c2ccc(-c3ccc4c(Cl)c(-c5ccc(CCCCCCOC=C)cc5)ccc4c3)cc2)cc1. The molecule has 2 nitrogen and oxygen atoms in total. The molecule has 0 bridgehead atoms. The highest BCUT2D eigenvalue weighted by Gasteiger charge is 2.10. The summed E-state index contributed by atoms with van der Waals surface area (Å²) in [6.07, 6.45) is 14.7. The molecule has 0 N–H and O–H groups in total. The van der Waals surface area contributed by atoms with Crippen LogP contribution in [0, 0.1) is 0 Å². The first-order valence-corrected chi connectivity index (χ1v) is 17.5. The van der Waals surface area contributed by atoms with Crippen molar-refractivity contribution in [3.8, 4) is 33.4 Å². The fourth-order valence-corrected chi connectivity index (χ4v) is 6.51. The number of benzene rings is 5. The van der Waals surface area contributed by atoms with Crippen molar-refractivity contribution in [3.63, 3.8) is 0 Å². The van der Waals surface area contributed by atoms with Crippen LogP contribution in [0.15, 0.2) is 129 Å². The van der Waals surface area contributed by atoms with Crippen LogP contribution in [0.25, 0.3) is 44.2 Å². The van der Waals surface area contributed by atoms with Crippen LogP contribution in [-0.4, -0.2) is 13.2 Å². The highest BCUT2D eigenvalue weighted by atomic mass is 35.5. The normalized spacial score (nSPS) is 11.0. The molecule has 0 aromatic heterocycles. The summed E-state index contributed by atoms with van der Waals surface area (Å²) in [7, 11) is 0. The Balaban J connectivity index is 1.17. The molecule has 0 unspecified atom stereocenters. The molecule has 0 aliphatic carbocycles. The third kappa shape index (κ3) is 9.86. The van der Waals surface area contributed by atoms with E-state index in [-0.39, 0.29) is 0 Å². The minimum absolute atomic E-state index is 0.768. The van der Waals surface area contributed by atoms with Crippen molar-refractivity contribution in [2.75, 3.05) is 13.2 Å². The largest absolute Gasteiger partial charge is 0.502 e. The predicted molar refractivity (Wildman–Crippen MR) is 202 cm³/mol. The minimum atomic E-state index is 0.768. The average Bonchev–Trinajstić information content (AvgIpc) is 3.11. The standard InChI is InChI=1S/C44H47ClO2/c1-3-46-31-11-7-5-9-13-34-15-19-36(20-16-34)37-23-25-38(26-24-37)40-27-29-43-41(33-40)28-30-42(44(43)45)39-21-17-35(18-22-39)14-10-6-8-12-32-47-4-2/h3-4,15-30,33H,1-2,5-14,31-32H2. The van der Waals surface area contributed by atoms with Crippen LogP contribution in [0.1, 0.15) is 62.5 Å². The number of ether oxygens (including phenoxy) is 2. The fourth-order valence-electron chi connectivity index (χ4n) is 6.17. The van der Waals surface area contributed by atoms with Crippen LogP contribution in [-0.2, 0) is 22.3 Å². The summed E-state index contributed by atoms with van der Waals surface area (Å²) in [5.74, 6) is 0. The minimum Gasteiger partial charge on any atom is -0.502 e. The van der Waals surface area contributed by atoms with Gasteiger partial charge in [-0.1, -0.05) is 148 Å². The molecule has 0 saturated heterocycles. The van der Waals surface area contributed by atoms with Crippen LogP contribution >= 0.6 is 11.6 Å². The summed E-state index contributed by atoms with van der Waals surface area (Å²) >= 11 is 7.00. The van der Waals surface area contributed by atoms with Crippen LogP contribution in [0.2, 0.25) is 5.02 Å². The van der Waals surface area contributed by atoms with E-state index in [4.69, 9.17) is 21.1 Å². The maximum atomic E-state index is 7.00. The van der Waals surface area contributed by atoms with E-state index in [2.05, 4.69) is 116 Å². The smallest absolute Gasteiger partial charge is 0.0873 e. The van der Waals surface area contributed by atoms with E-state index < -0.39 is 0 Å². The van der Waals surface area contributed by atoms with Crippen LogP contribution in [0.3, 0.4) is 0 Å². The molecule has 0 radical (unpaired) electrons. The molecule has 0 spiro atoms. The van der Waals surface area contributed by atoms with Crippen molar-refractivity contribution in [1.29, 1.82) is 0 Å². The van der Waals surface area contributed by atoms with Crippen LogP contribution in [0.5, 0.6) is 0 Å². The molecule has 0 atom stereocenters. The number of halogens is 1. The molecular formula is C44H47ClO2. The molecule has 0 aliphatic heterocycles.